The van der Waals surface area contributed by atoms with E-state index >= 15 is 0 Å². The van der Waals surface area contributed by atoms with Crippen molar-refractivity contribution in [2.45, 2.75) is 83.0 Å². The van der Waals surface area contributed by atoms with Gasteiger partial charge in [-0.3, -0.25) is 9.59 Å². The van der Waals surface area contributed by atoms with Crippen LogP contribution in [-0.4, -0.2) is 54.7 Å². The Balaban J connectivity index is 1.92. The summed E-state index contributed by atoms with van der Waals surface area (Å²) in [5, 5.41) is 5.95. The van der Waals surface area contributed by atoms with Crippen molar-refractivity contribution in [3.05, 3.63) is 64.7 Å². The minimum atomic E-state index is -4.10. The number of nitrogens with zero attached hydrogens (tertiary/aromatic N) is 1. The number of benzene rings is 2. The topological polar surface area (TPSA) is 122 Å². The lowest BCUT2D eigenvalue weighted by molar-refractivity contribution is -0.158. The maximum Gasteiger partial charge on any atom is 0.329 e. The predicted molar refractivity (Wildman–Crippen MR) is 153 cm³/mol. The van der Waals surface area contributed by atoms with E-state index < -0.39 is 39.6 Å². The fraction of sp³-hybridized carbons (Fsp3) is 0.483. The second kappa shape index (κ2) is 13.1. The summed E-state index contributed by atoms with van der Waals surface area (Å²) in [4.78, 5) is 38.9. The lowest BCUT2D eigenvalue weighted by Gasteiger charge is -2.29. The van der Waals surface area contributed by atoms with Crippen LogP contribution in [0.25, 0.3) is 0 Å². The van der Waals surface area contributed by atoms with E-state index in [1.165, 1.54) is 28.6 Å². The number of rotatable bonds is 9. The zero-order valence-corrected chi connectivity index (χ0v) is 25.1. The highest BCUT2D eigenvalue weighted by molar-refractivity contribution is 7.89. The minimum Gasteiger partial charge on any atom is -0.458 e. The standard InChI is InChI=1S/C29H38ClN3O6S/c1-19(2)25(28(36)39-29(3,4)5)32-26(34)21-10-8-9-20(17-21)18-33(24-11-6-7-16-31-27(24)35)40(37,38)23-14-12-22(30)13-15-23/h8-10,12-15,17,19,24-25H,6-7,11,16,18H2,1-5H3,(H,31,35)(H,32,34)/t24-,25?/m0/s1. The van der Waals surface area contributed by atoms with Gasteiger partial charge in [0.25, 0.3) is 5.91 Å². The van der Waals surface area contributed by atoms with Crippen LogP contribution >= 0.6 is 11.6 Å². The molecule has 2 atom stereocenters. The third-order valence-corrected chi connectivity index (χ3v) is 8.54. The summed E-state index contributed by atoms with van der Waals surface area (Å²) in [7, 11) is -4.10. The van der Waals surface area contributed by atoms with E-state index in [0.717, 1.165) is 6.42 Å². The Morgan fingerprint density at radius 1 is 1.12 bits per heavy atom. The van der Waals surface area contributed by atoms with Crippen LogP contribution in [-0.2, 0) is 30.9 Å². The third-order valence-electron chi connectivity index (χ3n) is 6.42. The number of halogens is 1. The lowest BCUT2D eigenvalue weighted by atomic mass is 10.0. The molecule has 3 rings (SSSR count). The Bertz CT molecular complexity index is 1320. The summed E-state index contributed by atoms with van der Waals surface area (Å²) in [6.45, 7) is 9.23. The van der Waals surface area contributed by atoms with Gasteiger partial charge in [0.2, 0.25) is 15.9 Å². The number of ether oxygens (including phenoxy) is 1. The zero-order chi connectivity index (χ0) is 29.7. The number of hydrogen-bond acceptors (Lipinski definition) is 6. The first-order valence-corrected chi connectivity index (χ1v) is 15.2. The van der Waals surface area contributed by atoms with Crippen LogP contribution in [0.5, 0.6) is 0 Å². The maximum absolute atomic E-state index is 13.8. The summed E-state index contributed by atoms with van der Waals surface area (Å²) in [6.07, 6.45) is 1.80. The molecule has 2 aromatic carbocycles. The van der Waals surface area contributed by atoms with Crippen molar-refractivity contribution >= 4 is 39.4 Å². The normalized spacial score (nSPS) is 17.2. The van der Waals surface area contributed by atoms with E-state index in [-0.39, 0.29) is 28.8 Å². The van der Waals surface area contributed by atoms with Crippen molar-refractivity contribution in [2.75, 3.05) is 6.54 Å². The number of amides is 2. The highest BCUT2D eigenvalue weighted by Gasteiger charge is 2.37. The molecule has 11 heteroatoms. The fourth-order valence-electron chi connectivity index (χ4n) is 4.38. The van der Waals surface area contributed by atoms with E-state index in [2.05, 4.69) is 10.6 Å². The van der Waals surface area contributed by atoms with Gasteiger partial charge in [0, 0.05) is 23.7 Å². The molecule has 1 saturated heterocycles. The smallest absolute Gasteiger partial charge is 0.329 e. The Morgan fingerprint density at radius 3 is 2.42 bits per heavy atom. The van der Waals surface area contributed by atoms with Crippen LogP contribution in [0.1, 0.15) is 69.8 Å². The number of carbonyl (C=O) groups is 3. The molecule has 1 unspecified atom stereocenters. The number of sulfonamides is 1. The fourth-order valence-corrected chi connectivity index (χ4v) is 6.11. The molecule has 2 aromatic rings. The molecule has 0 bridgehead atoms. The monoisotopic (exact) mass is 591 g/mol. The lowest BCUT2D eigenvalue weighted by Crippen LogP contribution is -2.48. The largest absolute Gasteiger partial charge is 0.458 e. The van der Waals surface area contributed by atoms with Crippen molar-refractivity contribution in [3.8, 4) is 0 Å². The summed E-state index contributed by atoms with van der Waals surface area (Å²) < 4.78 is 34.3. The van der Waals surface area contributed by atoms with Gasteiger partial charge in [0.05, 0.1) is 4.90 Å². The van der Waals surface area contributed by atoms with Crippen LogP contribution in [0, 0.1) is 5.92 Å². The number of carbonyl (C=O) groups excluding carboxylic acids is 3. The molecule has 0 saturated carbocycles. The molecule has 0 spiro atoms. The summed E-state index contributed by atoms with van der Waals surface area (Å²) in [6, 6.07) is 10.5. The summed E-state index contributed by atoms with van der Waals surface area (Å²) in [5.74, 6) is -1.62. The number of hydrogen-bond donors (Lipinski definition) is 2. The first-order valence-electron chi connectivity index (χ1n) is 13.4. The SMILES string of the molecule is CC(C)C(NC(=O)c1cccc(CN([C@H]2CCCCNC2=O)S(=O)(=O)c2ccc(Cl)cc2)c1)C(=O)OC(C)(C)C. The molecular formula is C29H38ClN3O6S. The molecule has 1 fully saturated rings. The average molecular weight is 592 g/mol. The van der Waals surface area contributed by atoms with Crippen LogP contribution in [0.2, 0.25) is 5.02 Å². The van der Waals surface area contributed by atoms with Gasteiger partial charge >= 0.3 is 5.97 Å². The Hall–Kier alpha value is -2.95. The second-order valence-corrected chi connectivity index (χ2v) is 13.6. The quantitative estimate of drug-likeness (QED) is 0.419. The summed E-state index contributed by atoms with van der Waals surface area (Å²) >= 11 is 5.98. The molecule has 1 aliphatic rings. The molecule has 9 nitrogen and oxygen atoms in total. The van der Waals surface area contributed by atoms with Gasteiger partial charge in [-0.05, 0) is 87.9 Å². The van der Waals surface area contributed by atoms with Crippen molar-refractivity contribution in [2.24, 2.45) is 5.92 Å². The Labute approximate surface area is 241 Å². The van der Waals surface area contributed by atoms with Gasteiger partial charge in [-0.25, -0.2) is 13.2 Å². The molecule has 218 valence electrons. The van der Waals surface area contributed by atoms with Crippen LogP contribution in [0.4, 0.5) is 0 Å². The number of esters is 1. The molecule has 2 amide bonds. The van der Waals surface area contributed by atoms with Gasteiger partial charge in [-0.2, -0.15) is 4.31 Å². The predicted octanol–water partition coefficient (Wildman–Crippen LogP) is 4.30. The molecule has 0 aromatic heterocycles. The molecule has 1 aliphatic heterocycles. The Kier molecular flexibility index (Phi) is 10.4. The van der Waals surface area contributed by atoms with Crippen molar-refractivity contribution < 1.29 is 27.5 Å². The first-order chi connectivity index (χ1) is 18.7. The van der Waals surface area contributed by atoms with E-state index in [1.807, 2.05) is 13.8 Å². The molecule has 2 N–H and O–H groups in total. The Morgan fingerprint density at radius 2 is 1.80 bits per heavy atom. The highest BCUT2D eigenvalue weighted by atomic mass is 35.5. The number of nitrogens with one attached hydrogen (secondary N) is 2. The van der Waals surface area contributed by atoms with E-state index in [9.17, 15) is 22.8 Å². The maximum atomic E-state index is 13.8. The summed E-state index contributed by atoms with van der Waals surface area (Å²) in [5.41, 5.74) is 0.0551. The molecule has 0 radical (unpaired) electrons. The van der Waals surface area contributed by atoms with Gasteiger partial charge in [-0.1, -0.05) is 37.6 Å². The van der Waals surface area contributed by atoms with Gasteiger partial charge < -0.3 is 15.4 Å². The van der Waals surface area contributed by atoms with Gasteiger partial charge in [-0.15, -0.1) is 0 Å². The first kappa shape index (κ1) is 31.6. The van der Waals surface area contributed by atoms with E-state index in [0.29, 0.717) is 30.0 Å². The van der Waals surface area contributed by atoms with Crippen LogP contribution in [0.15, 0.2) is 53.4 Å². The molecular weight excluding hydrogens is 554 g/mol. The van der Waals surface area contributed by atoms with E-state index in [4.69, 9.17) is 16.3 Å². The second-order valence-electron chi connectivity index (χ2n) is 11.2. The average Bonchev–Trinajstić information content (AvgIpc) is 3.08. The minimum absolute atomic E-state index is 0.0139. The molecule has 0 aliphatic carbocycles. The molecule has 40 heavy (non-hydrogen) atoms. The third kappa shape index (κ3) is 8.28. The zero-order valence-electron chi connectivity index (χ0n) is 23.6. The van der Waals surface area contributed by atoms with Gasteiger partial charge in [0.15, 0.2) is 0 Å². The highest BCUT2D eigenvalue weighted by Crippen LogP contribution is 2.26. The van der Waals surface area contributed by atoms with Crippen LogP contribution in [0.3, 0.4) is 0 Å². The van der Waals surface area contributed by atoms with Gasteiger partial charge in [0.1, 0.15) is 17.7 Å². The van der Waals surface area contributed by atoms with Crippen molar-refractivity contribution in [1.82, 2.24) is 14.9 Å². The molecule has 1 heterocycles. The van der Waals surface area contributed by atoms with Crippen molar-refractivity contribution in [3.63, 3.8) is 0 Å². The van der Waals surface area contributed by atoms with Crippen LogP contribution < -0.4 is 10.6 Å². The van der Waals surface area contributed by atoms with Crippen molar-refractivity contribution in [1.29, 1.82) is 0 Å². The van der Waals surface area contributed by atoms with E-state index in [1.54, 1.807) is 45.0 Å².